The number of benzene rings is 1. The number of carboxylic acid groups (broad SMARTS) is 1. The van der Waals surface area contributed by atoms with Gasteiger partial charge in [0.15, 0.2) is 0 Å². The predicted octanol–water partition coefficient (Wildman–Crippen LogP) is -0.134. The number of carboxylic acids is 1. The minimum Gasteiger partial charge on any atom is -0.508 e. The largest absolute Gasteiger partial charge is 0.508 e. The van der Waals surface area contributed by atoms with E-state index in [0.717, 1.165) is 0 Å². The Hall–Kier alpha value is -3.32. The zero-order valence-electron chi connectivity index (χ0n) is 21.9. The van der Waals surface area contributed by atoms with Crippen LogP contribution in [0.15, 0.2) is 24.3 Å². The van der Waals surface area contributed by atoms with Crippen LogP contribution in [0.25, 0.3) is 0 Å². The van der Waals surface area contributed by atoms with Gasteiger partial charge in [0.25, 0.3) is 0 Å². The van der Waals surface area contributed by atoms with Gasteiger partial charge in [0, 0.05) is 12.8 Å². The van der Waals surface area contributed by atoms with Crippen molar-refractivity contribution in [3.8, 4) is 5.75 Å². The number of rotatable bonds is 17. The number of amides is 4. The molecule has 4 amide bonds. The smallest absolute Gasteiger partial charge is 0.326 e. The van der Waals surface area contributed by atoms with E-state index >= 15 is 0 Å². The van der Waals surface area contributed by atoms with Crippen LogP contribution in [0.2, 0.25) is 0 Å². The molecule has 5 unspecified atom stereocenters. The van der Waals surface area contributed by atoms with E-state index in [0.29, 0.717) is 24.2 Å². The SMILES string of the molecule is CCC(C)C(NC(=O)C(N)CCSC)C(=O)NC(CCC(N)=O)C(=O)NC(Cc1ccc(O)cc1)C(=O)O. The summed E-state index contributed by atoms with van der Waals surface area (Å²) in [6, 6.07) is 1.37. The number of nitrogens with two attached hydrogens (primary N) is 2. The van der Waals surface area contributed by atoms with Gasteiger partial charge in [-0.3, -0.25) is 19.2 Å². The van der Waals surface area contributed by atoms with Gasteiger partial charge in [0.1, 0.15) is 23.9 Å². The summed E-state index contributed by atoms with van der Waals surface area (Å²) in [6.07, 6.45) is 2.34. The fraction of sp³-hybridized carbons (Fsp3) is 0.560. The van der Waals surface area contributed by atoms with E-state index in [1.807, 2.05) is 13.2 Å². The van der Waals surface area contributed by atoms with E-state index in [2.05, 4.69) is 16.0 Å². The lowest BCUT2D eigenvalue weighted by molar-refractivity contribution is -0.142. The van der Waals surface area contributed by atoms with Crippen molar-refractivity contribution in [3.63, 3.8) is 0 Å². The first kappa shape index (κ1) is 32.7. The quantitative estimate of drug-likeness (QED) is 0.137. The number of hydrogen-bond acceptors (Lipinski definition) is 8. The normalized spacial score (nSPS) is 14.8. The Labute approximate surface area is 226 Å². The van der Waals surface area contributed by atoms with Crippen molar-refractivity contribution in [2.75, 3.05) is 12.0 Å². The van der Waals surface area contributed by atoms with Gasteiger partial charge in [-0.15, -0.1) is 0 Å². The Balaban J connectivity index is 3.05. The molecule has 0 aromatic heterocycles. The summed E-state index contributed by atoms with van der Waals surface area (Å²) >= 11 is 1.54. The summed E-state index contributed by atoms with van der Waals surface area (Å²) < 4.78 is 0. The average Bonchev–Trinajstić information content (AvgIpc) is 2.87. The molecule has 0 fully saturated rings. The monoisotopic (exact) mass is 553 g/mol. The van der Waals surface area contributed by atoms with Gasteiger partial charge < -0.3 is 37.6 Å². The molecule has 0 saturated carbocycles. The van der Waals surface area contributed by atoms with Crippen LogP contribution in [-0.2, 0) is 30.4 Å². The van der Waals surface area contributed by atoms with Gasteiger partial charge in [-0.05, 0) is 48.5 Å². The van der Waals surface area contributed by atoms with Gasteiger partial charge in [0.2, 0.25) is 23.6 Å². The maximum atomic E-state index is 13.2. The molecule has 9 N–H and O–H groups in total. The molecule has 0 spiro atoms. The van der Waals surface area contributed by atoms with Crippen molar-refractivity contribution in [1.29, 1.82) is 0 Å². The number of nitrogens with one attached hydrogen (secondary N) is 3. The number of carbonyl (C=O) groups excluding carboxylic acids is 4. The van der Waals surface area contributed by atoms with Gasteiger partial charge in [-0.1, -0.05) is 32.4 Å². The second-order valence-electron chi connectivity index (χ2n) is 9.10. The molecule has 1 aromatic carbocycles. The van der Waals surface area contributed by atoms with Crippen LogP contribution in [0.3, 0.4) is 0 Å². The summed E-state index contributed by atoms with van der Waals surface area (Å²) in [4.78, 5) is 62.1. The molecular formula is C25H39N5O7S. The zero-order chi connectivity index (χ0) is 28.8. The van der Waals surface area contributed by atoms with E-state index in [1.165, 1.54) is 36.0 Å². The van der Waals surface area contributed by atoms with Crippen molar-refractivity contribution in [3.05, 3.63) is 29.8 Å². The average molecular weight is 554 g/mol. The second kappa shape index (κ2) is 16.5. The molecule has 212 valence electrons. The first-order valence-corrected chi connectivity index (χ1v) is 13.7. The van der Waals surface area contributed by atoms with Crippen molar-refractivity contribution in [2.24, 2.45) is 17.4 Å². The molecule has 0 aliphatic rings. The fourth-order valence-corrected chi connectivity index (χ4v) is 3.98. The standard InChI is InChI=1S/C25H39N5O7S/c1-4-14(2)21(30-22(33)17(26)11-12-38-3)24(35)28-18(9-10-20(27)32)23(34)29-19(25(36)37)13-15-5-7-16(31)8-6-15/h5-8,14,17-19,21,31H,4,9-13,26H2,1-3H3,(H2,27,32)(H,28,35)(H,29,34)(H,30,33)(H,36,37). The van der Waals surface area contributed by atoms with Gasteiger partial charge >= 0.3 is 5.97 Å². The number of hydrogen-bond donors (Lipinski definition) is 7. The van der Waals surface area contributed by atoms with E-state index < -0.39 is 53.8 Å². The predicted molar refractivity (Wildman–Crippen MR) is 144 cm³/mol. The third-order valence-electron chi connectivity index (χ3n) is 6.07. The molecule has 1 rings (SSSR count). The van der Waals surface area contributed by atoms with Crippen LogP contribution in [0.4, 0.5) is 0 Å². The summed E-state index contributed by atoms with van der Waals surface area (Å²) in [5.41, 5.74) is 11.7. The third-order valence-corrected chi connectivity index (χ3v) is 6.71. The zero-order valence-corrected chi connectivity index (χ0v) is 22.8. The number of carbonyl (C=O) groups is 5. The topological polar surface area (TPSA) is 214 Å². The van der Waals surface area contributed by atoms with Crippen LogP contribution in [0, 0.1) is 5.92 Å². The number of primary amides is 1. The lowest BCUT2D eigenvalue weighted by Gasteiger charge is -2.28. The number of aliphatic carboxylic acids is 1. The van der Waals surface area contributed by atoms with Gasteiger partial charge in [-0.2, -0.15) is 11.8 Å². The highest BCUT2D eigenvalue weighted by atomic mass is 32.2. The summed E-state index contributed by atoms with van der Waals surface area (Å²) in [7, 11) is 0. The Morgan fingerprint density at radius 1 is 0.947 bits per heavy atom. The first-order valence-electron chi connectivity index (χ1n) is 12.3. The summed E-state index contributed by atoms with van der Waals surface area (Å²) in [5.74, 6) is -3.65. The lowest BCUT2D eigenvalue weighted by Crippen LogP contribution is -2.58. The van der Waals surface area contributed by atoms with Crippen molar-refractivity contribution < 1.29 is 34.2 Å². The highest BCUT2D eigenvalue weighted by Gasteiger charge is 2.32. The molecule has 1 aromatic rings. The van der Waals surface area contributed by atoms with E-state index in [-0.39, 0.29) is 30.9 Å². The van der Waals surface area contributed by atoms with E-state index in [4.69, 9.17) is 11.5 Å². The molecule has 0 radical (unpaired) electrons. The fourth-order valence-electron chi connectivity index (χ4n) is 3.50. The molecule has 0 bridgehead atoms. The lowest BCUT2D eigenvalue weighted by atomic mass is 9.97. The Bertz CT molecular complexity index is 960. The van der Waals surface area contributed by atoms with Gasteiger partial charge in [-0.25, -0.2) is 4.79 Å². The molecule has 0 saturated heterocycles. The van der Waals surface area contributed by atoms with Crippen LogP contribution in [0.5, 0.6) is 5.75 Å². The van der Waals surface area contributed by atoms with Crippen molar-refractivity contribution >= 4 is 41.4 Å². The number of phenolic OH excluding ortho intramolecular Hbond substituents is 1. The Morgan fingerprint density at radius 3 is 2.08 bits per heavy atom. The Kier molecular flexibility index (Phi) is 14.2. The second-order valence-corrected chi connectivity index (χ2v) is 10.1. The highest BCUT2D eigenvalue weighted by molar-refractivity contribution is 7.98. The minimum atomic E-state index is -1.35. The molecular weight excluding hydrogens is 514 g/mol. The molecule has 12 nitrogen and oxygen atoms in total. The van der Waals surface area contributed by atoms with E-state index in [1.54, 1.807) is 6.92 Å². The summed E-state index contributed by atoms with van der Waals surface area (Å²) in [5, 5.41) is 26.7. The number of thioether (sulfide) groups is 1. The van der Waals surface area contributed by atoms with Gasteiger partial charge in [0.05, 0.1) is 6.04 Å². The van der Waals surface area contributed by atoms with Crippen LogP contribution < -0.4 is 27.4 Å². The summed E-state index contributed by atoms with van der Waals surface area (Å²) in [6.45, 7) is 3.59. The maximum absolute atomic E-state index is 13.2. The molecule has 0 aliphatic carbocycles. The number of aromatic hydroxyl groups is 1. The highest BCUT2D eigenvalue weighted by Crippen LogP contribution is 2.13. The number of phenols is 1. The maximum Gasteiger partial charge on any atom is 0.326 e. The van der Waals surface area contributed by atoms with Crippen molar-refractivity contribution in [2.45, 2.75) is 70.1 Å². The van der Waals surface area contributed by atoms with Crippen LogP contribution in [-0.4, -0.2) is 76.0 Å². The minimum absolute atomic E-state index is 0.00653. The molecule has 0 heterocycles. The van der Waals surface area contributed by atoms with Crippen LogP contribution >= 0.6 is 11.8 Å². The first-order chi connectivity index (χ1) is 17.9. The third kappa shape index (κ3) is 11.4. The van der Waals surface area contributed by atoms with Crippen molar-refractivity contribution in [1.82, 2.24) is 16.0 Å². The molecule has 5 atom stereocenters. The Morgan fingerprint density at radius 2 is 1.55 bits per heavy atom. The molecule has 13 heteroatoms. The molecule has 38 heavy (non-hydrogen) atoms. The van der Waals surface area contributed by atoms with Crippen LogP contribution in [0.1, 0.15) is 45.1 Å². The molecule has 0 aliphatic heterocycles. The van der Waals surface area contributed by atoms with E-state index in [9.17, 15) is 34.2 Å².